The van der Waals surface area contributed by atoms with Gasteiger partial charge in [0.05, 0.1) is 42.3 Å². The number of thiazole rings is 1. The number of aryl methyl sites for hydroxylation is 1. The molecule has 6 nitrogen and oxygen atoms in total. The Bertz CT molecular complexity index is 1140. The van der Waals surface area contributed by atoms with Crippen molar-refractivity contribution in [2.45, 2.75) is 13.5 Å². The van der Waals surface area contributed by atoms with Gasteiger partial charge in [-0.05, 0) is 42.8 Å². The van der Waals surface area contributed by atoms with E-state index in [9.17, 15) is 4.79 Å². The zero-order valence-corrected chi connectivity index (χ0v) is 18.2. The highest BCUT2D eigenvalue weighted by Gasteiger charge is 2.25. The molecule has 0 bridgehead atoms. The van der Waals surface area contributed by atoms with Crippen molar-refractivity contribution in [2.24, 2.45) is 0 Å². The maximum Gasteiger partial charge on any atom is 0.260 e. The highest BCUT2D eigenvalue weighted by molar-refractivity contribution is 7.23. The number of ether oxygens (including phenoxy) is 2. The van der Waals surface area contributed by atoms with Gasteiger partial charge in [0, 0.05) is 11.6 Å². The van der Waals surface area contributed by atoms with E-state index in [2.05, 4.69) is 0 Å². The maximum absolute atomic E-state index is 13.6. The molecule has 2 aromatic carbocycles. The largest absolute Gasteiger partial charge is 0.497 e. The average molecular weight is 443 g/mol. The molecule has 1 amide bonds. The lowest BCUT2D eigenvalue weighted by atomic mass is 10.1. The number of carbonyl (C=O) groups is 1. The fourth-order valence-corrected chi connectivity index (χ4v) is 4.39. The molecule has 8 heteroatoms. The number of furan rings is 1. The van der Waals surface area contributed by atoms with Crippen LogP contribution in [0.1, 0.15) is 21.7 Å². The number of hydrogen-bond donors (Lipinski definition) is 0. The Hall–Kier alpha value is -3.03. The van der Waals surface area contributed by atoms with Crippen LogP contribution in [0.15, 0.2) is 53.1 Å². The van der Waals surface area contributed by atoms with E-state index >= 15 is 0 Å². The lowest BCUT2D eigenvalue weighted by Gasteiger charge is -2.19. The minimum Gasteiger partial charge on any atom is -0.497 e. The van der Waals surface area contributed by atoms with Crippen molar-refractivity contribution in [3.8, 4) is 11.5 Å². The van der Waals surface area contributed by atoms with Crippen LogP contribution in [0.5, 0.6) is 11.5 Å². The van der Waals surface area contributed by atoms with Crippen LogP contribution in [0, 0.1) is 6.92 Å². The molecule has 0 radical (unpaired) electrons. The van der Waals surface area contributed by atoms with Crippen molar-refractivity contribution in [2.75, 3.05) is 19.1 Å². The summed E-state index contributed by atoms with van der Waals surface area (Å²) in [5, 5.41) is 1.14. The number of anilines is 1. The van der Waals surface area contributed by atoms with Crippen molar-refractivity contribution >= 4 is 44.2 Å². The molecular weight excluding hydrogens is 424 g/mol. The van der Waals surface area contributed by atoms with E-state index in [-0.39, 0.29) is 12.5 Å². The molecule has 0 aliphatic carbocycles. The van der Waals surface area contributed by atoms with Crippen LogP contribution in [-0.2, 0) is 6.54 Å². The predicted octanol–water partition coefficient (Wildman–Crippen LogP) is 5.72. The molecule has 0 aliphatic rings. The summed E-state index contributed by atoms with van der Waals surface area (Å²) in [6.45, 7) is 2.19. The first-order chi connectivity index (χ1) is 14.5. The maximum atomic E-state index is 13.6. The topological polar surface area (TPSA) is 64.8 Å². The molecule has 2 heterocycles. The van der Waals surface area contributed by atoms with Crippen molar-refractivity contribution < 1.29 is 18.7 Å². The lowest BCUT2D eigenvalue weighted by molar-refractivity contribution is 0.0982. The average Bonchev–Trinajstić information content (AvgIpc) is 3.44. The van der Waals surface area contributed by atoms with Gasteiger partial charge >= 0.3 is 0 Å². The van der Waals surface area contributed by atoms with Gasteiger partial charge in [-0.1, -0.05) is 29.0 Å². The number of benzene rings is 2. The van der Waals surface area contributed by atoms with Gasteiger partial charge in [-0.25, -0.2) is 4.98 Å². The van der Waals surface area contributed by atoms with Crippen LogP contribution < -0.4 is 14.4 Å². The molecule has 30 heavy (non-hydrogen) atoms. The second-order valence-corrected chi connectivity index (χ2v) is 8.00. The van der Waals surface area contributed by atoms with Crippen LogP contribution in [-0.4, -0.2) is 25.1 Å². The van der Waals surface area contributed by atoms with Crippen molar-refractivity contribution in [1.29, 1.82) is 0 Å². The lowest BCUT2D eigenvalue weighted by Crippen LogP contribution is -2.30. The number of carbonyl (C=O) groups excluding carboxylic acids is 1. The number of nitrogens with zero attached hydrogens (tertiary/aromatic N) is 2. The third kappa shape index (κ3) is 3.86. The number of amides is 1. The molecule has 0 saturated heterocycles. The summed E-state index contributed by atoms with van der Waals surface area (Å²) >= 11 is 7.75. The number of fused-ring (bicyclic) bond motifs is 1. The Balaban J connectivity index is 1.82. The van der Waals surface area contributed by atoms with Crippen molar-refractivity contribution in [3.63, 3.8) is 0 Å². The quantitative estimate of drug-likeness (QED) is 0.382. The van der Waals surface area contributed by atoms with E-state index in [1.807, 2.05) is 25.1 Å². The fourth-order valence-electron chi connectivity index (χ4n) is 3.08. The van der Waals surface area contributed by atoms with E-state index in [4.69, 9.17) is 30.5 Å². The summed E-state index contributed by atoms with van der Waals surface area (Å²) in [4.78, 5) is 19.9. The van der Waals surface area contributed by atoms with Gasteiger partial charge in [-0.2, -0.15) is 0 Å². The van der Waals surface area contributed by atoms with Gasteiger partial charge in [-0.15, -0.1) is 0 Å². The van der Waals surface area contributed by atoms with Gasteiger partial charge in [0.25, 0.3) is 5.91 Å². The third-order valence-corrected chi connectivity index (χ3v) is 6.19. The molecule has 0 spiro atoms. The highest BCUT2D eigenvalue weighted by atomic mass is 35.5. The molecule has 154 valence electrons. The highest BCUT2D eigenvalue weighted by Crippen LogP contribution is 2.37. The fraction of sp³-hybridized carbons (Fsp3) is 0.182. The third-order valence-electron chi connectivity index (χ3n) is 4.65. The molecule has 2 aromatic heterocycles. The summed E-state index contributed by atoms with van der Waals surface area (Å²) in [6.07, 6.45) is 1.58. The van der Waals surface area contributed by atoms with Gasteiger partial charge in [0.2, 0.25) is 0 Å². The smallest absolute Gasteiger partial charge is 0.260 e. The van der Waals surface area contributed by atoms with E-state index in [0.29, 0.717) is 33.0 Å². The molecule has 0 atom stereocenters. The zero-order chi connectivity index (χ0) is 21.3. The van der Waals surface area contributed by atoms with E-state index in [0.717, 1.165) is 15.8 Å². The number of halogens is 1. The summed E-state index contributed by atoms with van der Waals surface area (Å²) in [7, 11) is 3.09. The molecule has 0 N–H and O–H groups in total. The van der Waals surface area contributed by atoms with E-state index in [1.54, 1.807) is 49.6 Å². The first-order valence-electron chi connectivity index (χ1n) is 9.13. The van der Waals surface area contributed by atoms with E-state index < -0.39 is 0 Å². The Labute approximate surface area is 182 Å². The number of methoxy groups -OCH3 is 2. The van der Waals surface area contributed by atoms with Crippen LogP contribution in [0.3, 0.4) is 0 Å². The Morgan fingerprint density at radius 3 is 2.50 bits per heavy atom. The molecule has 4 rings (SSSR count). The molecular formula is C22H19ClN2O4S. The summed E-state index contributed by atoms with van der Waals surface area (Å²) in [6, 6.07) is 12.4. The van der Waals surface area contributed by atoms with Gasteiger partial charge in [0.1, 0.15) is 17.3 Å². The Morgan fingerprint density at radius 2 is 1.90 bits per heavy atom. The predicted molar refractivity (Wildman–Crippen MR) is 118 cm³/mol. The SMILES string of the molecule is COc1cc(OC)cc(C(=O)N(Cc2ccco2)c2nc3c(C)ccc(Cl)c3s2)c1. The molecule has 0 unspecified atom stereocenters. The number of hydrogen-bond acceptors (Lipinski definition) is 6. The summed E-state index contributed by atoms with van der Waals surface area (Å²) in [5.41, 5.74) is 2.19. The molecule has 0 aliphatic heterocycles. The first kappa shape index (κ1) is 20.3. The minimum atomic E-state index is -0.253. The molecule has 0 saturated carbocycles. The monoisotopic (exact) mass is 442 g/mol. The normalized spacial score (nSPS) is 10.9. The van der Waals surface area contributed by atoms with Gasteiger partial charge < -0.3 is 13.9 Å². The van der Waals surface area contributed by atoms with Crippen molar-refractivity contribution in [3.05, 3.63) is 70.6 Å². The van der Waals surface area contributed by atoms with Crippen LogP contribution in [0.25, 0.3) is 10.2 Å². The Morgan fingerprint density at radius 1 is 1.17 bits per heavy atom. The first-order valence-corrected chi connectivity index (χ1v) is 10.3. The van der Waals surface area contributed by atoms with Crippen LogP contribution in [0.4, 0.5) is 5.13 Å². The van der Waals surface area contributed by atoms with E-state index in [1.165, 1.54) is 11.3 Å². The van der Waals surface area contributed by atoms with Crippen LogP contribution in [0.2, 0.25) is 5.02 Å². The number of aromatic nitrogens is 1. The summed E-state index contributed by atoms with van der Waals surface area (Å²) in [5.74, 6) is 1.44. The minimum absolute atomic E-state index is 0.224. The van der Waals surface area contributed by atoms with Gasteiger partial charge in [0.15, 0.2) is 5.13 Å². The second kappa shape index (κ2) is 8.38. The van der Waals surface area contributed by atoms with Crippen molar-refractivity contribution in [1.82, 2.24) is 4.98 Å². The Kier molecular flexibility index (Phi) is 5.65. The van der Waals surface area contributed by atoms with Gasteiger partial charge in [-0.3, -0.25) is 9.69 Å². The zero-order valence-electron chi connectivity index (χ0n) is 16.6. The molecule has 4 aromatic rings. The standard InChI is InChI=1S/C22H19ClN2O4S/c1-13-6-7-18(23)20-19(13)24-22(30-20)25(12-15-5-4-8-29-15)21(26)14-9-16(27-2)11-17(10-14)28-3/h4-11H,12H2,1-3H3. The number of rotatable bonds is 6. The van der Waals surface area contributed by atoms with Crippen LogP contribution >= 0.6 is 22.9 Å². The summed E-state index contributed by atoms with van der Waals surface area (Å²) < 4.78 is 17.0. The molecule has 0 fully saturated rings. The second-order valence-electron chi connectivity index (χ2n) is 6.61.